The van der Waals surface area contributed by atoms with Gasteiger partial charge >= 0.3 is 0 Å². The lowest BCUT2D eigenvalue weighted by Gasteiger charge is -2.25. The second-order valence-corrected chi connectivity index (χ2v) is 8.02. The zero-order valence-electron chi connectivity index (χ0n) is 13.8. The topological polar surface area (TPSA) is 55.1 Å². The van der Waals surface area contributed by atoms with Gasteiger partial charge in [0.15, 0.2) is 10.8 Å². The summed E-state index contributed by atoms with van der Waals surface area (Å²) in [6.07, 6.45) is 1.25. The van der Waals surface area contributed by atoms with E-state index in [2.05, 4.69) is 22.4 Å². The van der Waals surface area contributed by atoms with Gasteiger partial charge in [0.1, 0.15) is 5.76 Å². The summed E-state index contributed by atoms with van der Waals surface area (Å²) in [5.74, 6) is 2.66. The molecule has 1 N–H and O–H groups in total. The molecule has 1 atom stereocenters. The highest BCUT2D eigenvalue weighted by Crippen LogP contribution is 2.35. The number of fused-ring (bicyclic) bond motifs is 1. The van der Waals surface area contributed by atoms with E-state index in [4.69, 9.17) is 4.42 Å². The Morgan fingerprint density at radius 2 is 2.20 bits per heavy atom. The fourth-order valence-corrected chi connectivity index (χ4v) is 4.86. The van der Waals surface area contributed by atoms with Crippen molar-refractivity contribution in [1.29, 1.82) is 0 Å². The van der Waals surface area contributed by atoms with Gasteiger partial charge in [0.2, 0.25) is 5.91 Å². The van der Waals surface area contributed by atoms with E-state index < -0.39 is 0 Å². The number of nitrogens with one attached hydrogen (secondary N) is 1. The van der Waals surface area contributed by atoms with Crippen LogP contribution in [0.5, 0.6) is 0 Å². The Kier molecular flexibility index (Phi) is 4.63. The molecule has 1 aliphatic heterocycles. The average Bonchev–Trinajstić information content (AvgIpc) is 3.24. The van der Waals surface area contributed by atoms with Crippen LogP contribution < -0.4 is 5.32 Å². The molecule has 3 heterocycles. The minimum absolute atomic E-state index is 0.0131. The largest absolute Gasteiger partial charge is 0.459 e. The van der Waals surface area contributed by atoms with Gasteiger partial charge in [0.25, 0.3) is 0 Å². The van der Waals surface area contributed by atoms with Crippen LogP contribution in [0.15, 0.2) is 51.1 Å². The maximum absolute atomic E-state index is 12.5. The highest BCUT2D eigenvalue weighted by molar-refractivity contribution is 7.99. The second kappa shape index (κ2) is 7.06. The minimum atomic E-state index is 0.0131. The van der Waals surface area contributed by atoms with Crippen LogP contribution in [-0.4, -0.2) is 16.6 Å². The zero-order valence-corrected chi connectivity index (χ0v) is 15.5. The molecule has 0 aliphatic carbocycles. The van der Waals surface area contributed by atoms with Crippen LogP contribution in [0.4, 0.5) is 0 Å². The van der Waals surface area contributed by atoms with E-state index in [0.717, 1.165) is 34.4 Å². The van der Waals surface area contributed by atoms with Crippen molar-refractivity contribution < 1.29 is 9.21 Å². The number of hydrogen-bond acceptors (Lipinski definition) is 5. The number of nitrogens with zero attached hydrogens (tertiary/aromatic N) is 1. The normalized spacial score (nSPS) is 16.4. The van der Waals surface area contributed by atoms with Crippen molar-refractivity contribution in [3.63, 3.8) is 0 Å². The molecular formula is C19H18N2O2S2. The standard InChI is InChI=1S/C19H18N2O2S2/c1-12-6-7-16(23-12)19-20-13(11-25-19)10-18(22)21-15-8-9-24-17-5-3-2-4-14(15)17/h2-7,11,15H,8-10H2,1H3,(H,21,22)/t15-/m1/s1. The van der Waals surface area contributed by atoms with Gasteiger partial charge in [0.05, 0.1) is 18.2 Å². The monoisotopic (exact) mass is 370 g/mol. The summed E-state index contributed by atoms with van der Waals surface area (Å²) in [5.41, 5.74) is 2.00. The number of benzene rings is 1. The smallest absolute Gasteiger partial charge is 0.226 e. The molecule has 0 radical (unpaired) electrons. The van der Waals surface area contributed by atoms with Gasteiger partial charge in [0, 0.05) is 16.0 Å². The van der Waals surface area contributed by atoms with Crippen molar-refractivity contribution >= 4 is 29.0 Å². The number of carbonyl (C=O) groups excluding carboxylic acids is 1. The molecule has 25 heavy (non-hydrogen) atoms. The third-order valence-corrected chi connectivity index (χ3v) is 6.17. The first-order valence-corrected chi connectivity index (χ1v) is 10.1. The first kappa shape index (κ1) is 16.4. The predicted octanol–water partition coefficient (Wildman–Crippen LogP) is 4.61. The summed E-state index contributed by atoms with van der Waals surface area (Å²) in [7, 11) is 0. The van der Waals surface area contributed by atoms with E-state index >= 15 is 0 Å². The van der Waals surface area contributed by atoms with Gasteiger partial charge in [-0.1, -0.05) is 18.2 Å². The lowest BCUT2D eigenvalue weighted by molar-refractivity contribution is -0.121. The summed E-state index contributed by atoms with van der Waals surface area (Å²) in [5, 5.41) is 5.91. The fourth-order valence-electron chi connectivity index (χ4n) is 2.95. The molecule has 1 aliphatic rings. The van der Waals surface area contributed by atoms with Gasteiger partial charge in [-0.15, -0.1) is 23.1 Å². The molecule has 4 nitrogen and oxygen atoms in total. The van der Waals surface area contributed by atoms with Gasteiger partial charge in [-0.05, 0) is 37.1 Å². The molecule has 0 fully saturated rings. The van der Waals surface area contributed by atoms with Crippen LogP contribution in [0.2, 0.25) is 0 Å². The number of rotatable bonds is 4. The molecule has 0 saturated carbocycles. The molecule has 6 heteroatoms. The van der Waals surface area contributed by atoms with Crippen molar-refractivity contribution in [2.24, 2.45) is 0 Å². The Morgan fingerprint density at radius 3 is 3.04 bits per heavy atom. The van der Waals surface area contributed by atoms with Crippen molar-refractivity contribution in [3.05, 3.63) is 58.8 Å². The number of thiazole rings is 1. The number of aryl methyl sites for hydroxylation is 1. The van der Waals surface area contributed by atoms with Crippen LogP contribution in [0.25, 0.3) is 10.8 Å². The quantitative estimate of drug-likeness (QED) is 0.729. The van der Waals surface area contributed by atoms with E-state index in [1.54, 1.807) is 0 Å². The van der Waals surface area contributed by atoms with E-state index in [-0.39, 0.29) is 11.9 Å². The Hall–Kier alpha value is -2.05. The number of carbonyl (C=O) groups is 1. The van der Waals surface area contributed by atoms with Crippen LogP contribution in [0.1, 0.15) is 29.5 Å². The van der Waals surface area contributed by atoms with Crippen molar-refractivity contribution in [2.45, 2.75) is 30.7 Å². The number of thioether (sulfide) groups is 1. The minimum Gasteiger partial charge on any atom is -0.459 e. The number of aromatic nitrogens is 1. The Labute approximate surface area is 154 Å². The van der Waals surface area contributed by atoms with E-state index in [1.165, 1.54) is 21.8 Å². The molecule has 1 amide bonds. The number of amides is 1. The van der Waals surface area contributed by atoms with Crippen molar-refractivity contribution in [2.75, 3.05) is 5.75 Å². The van der Waals surface area contributed by atoms with Gasteiger partial charge in [-0.2, -0.15) is 0 Å². The first-order chi connectivity index (χ1) is 12.2. The van der Waals surface area contributed by atoms with Crippen LogP contribution in [0.3, 0.4) is 0 Å². The van der Waals surface area contributed by atoms with Crippen LogP contribution >= 0.6 is 23.1 Å². The summed E-state index contributed by atoms with van der Waals surface area (Å²) in [6.45, 7) is 1.91. The van der Waals surface area contributed by atoms with Gasteiger partial charge in [-0.25, -0.2) is 4.98 Å². The third-order valence-electron chi connectivity index (χ3n) is 4.14. The Balaban J connectivity index is 1.42. The van der Waals surface area contributed by atoms with Gasteiger partial charge < -0.3 is 9.73 Å². The lowest BCUT2D eigenvalue weighted by atomic mass is 10.0. The Bertz CT molecular complexity index is 900. The predicted molar refractivity (Wildman–Crippen MR) is 101 cm³/mol. The summed E-state index contributed by atoms with van der Waals surface area (Å²) in [6, 6.07) is 12.2. The molecular weight excluding hydrogens is 352 g/mol. The highest BCUT2D eigenvalue weighted by Gasteiger charge is 2.22. The molecule has 3 aromatic rings. The van der Waals surface area contributed by atoms with Gasteiger partial charge in [-0.3, -0.25) is 4.79 Å². The summed E-state index contributed by atoms with van der Waals surface area (Å²) in [4.78, 5) is 18.3. The molecule has 2 aromatic heterocycles. The SMILES string of the molecule is Cc1ccc(-c2nc(CC(=O)N[C@@H]3CCSc4ccccc43)cs2)o1. The molecule has 128 valence electrons. The number of hydrogen-bond donors (Lipinski definition) is 1. The highest BCUT2D eigenvalue weighted by atomic mass is 32.2. The molecule has 0 bridgehead atoms. The number of furan rings is 1. The summed E-state index contributed by atoms with van der Waals surface area (Å²) < 4.78 is 5.59. The molecule has 0 saturated heterocycles. The maximum Gasteiger partial charge on any atom is 0.226 e. The molecule has 1 aromatic carbocycles. The molecule has 0 spiro atoms. The average molecular weight is 370 g/mol. The Morgan fingerprint density at radius 1 is 1.32 bits per heavy atom. The van der Waals surface area contributed by atoms with E-state index in [1.807, 2.05) is 48.3 Å². The van der Waals surface area contributed by atoms with Crippen molar-refractivity contribution in [1.82, 2.24) is 10.3 Å². The maximum atomic E-state index is 12.5. The fraction of sp³-hybridized carbons (Fsp3) is 0.263. The molecule has 4 rings (SSSR count). The lowest BCUT2D eigenvalue weighted by Crippen LogP contribution is -2.31. The summed E-state index contributed by atoms with van der Waals surface area (Å²) >= 11 is 3.36. The van der Waals surface area contributed by atoms with Crippen molar-refractivity contribution in [3.8, 4) is 10.8 Å². The van der Waals surface area contributed by atoms with Crippen LogP contribution in [-0.2, 0) is 11.2 Å². The molecule has 0 unspecified atom stereocenters. The van der Waals surface area contributed by atoms with E-state index in [0.29, 0.717) is 6.42 Å². The first-order valence-electron chi connectivity index (χ1n) is 8.21. The zero-order chi connectivity index (χ0) is 17.2. The van der Waals surface area contributed by atoms with Crippen LogP contribution in [0, 0.1) is 6.92 Å². The van der Waals surface area contributed by atoms with E-state index in [9.17, 15) is 4.79 Å². The third kappa shape index (κ3) is 3.65. The second-order valence-electron chi connectivity index (χ2n) is 6.03.